The van der Waals surface area contributed by atoms with E-state index >= 15 is 0 Å². The zero-order chi connectivity index (χ0) is 15.9. The third-order valence-corrected chi connectivity index (χ3v) is 4.06. The second-order valence-corrected chi connectivity index (χ2v) is 5.75. The normalized spacial score (nSPS) is 16.0. The average Bonchev–Trinajstić information content (AvgIpc) is 2.61. The Morgan fingerprint density at radius 2 is 1.57 bits per heavy atom. The maximum atomic E-state index is 9.28. The summed E-state index contributed by atoms with van der Waals surface area (Å²) in [5.41, 5.74) is 2.24. The molecule has 4 nitrogen and oxygen atoms in total. The van der Waals surface area contributed by atoms with Crippen molar-refractivity contribution in [3.8, 4) is 5.75 Å². The van der Waals surface area contributed by atoms with Gasteiger partial charge in [0, 0.05) is 25.2 Å². The number of rotatable bonds is 5. The molecule has 3 rings (SSSR count). The Morgan fingerprint density at radius 1 is 0.957 bits per heavy atom. The van der Waals surface area contributed by atoms with Crippen molar-refractivity contribution in [3.05, 3.63) is 59.9 Å². The van der Waals surface area contributed by atoms with E-state index in [9.17, 15) is 5.11 Å². The van der Waals surface area contributed by atoms with Gasteiger partial charge in [-0.2, -0.15) is 0 Å². The average molecular weight is 311 g/mol. The molecule has 0 radical (unpaired) electrons. The Hall–Kier alpha value is -2.17. The number of pyridine rings is 1. The third kappa shape index (κ3) is 4.91. The van der Waals surface area contributed by atoms with Gasteiger partial charge in [0.2, 0.25) is 0 Å². The predicted octanol–water partition coefficient (Wildman–Crippen LogP) is 2.18. The van der Waals surface area contributed by atoms with Crippen LogP contribution < -0.4 is 4.57 Å². The molecule has 23 heavy (non-hydrogen) atoms. The second kappa shape index (κ2) is 7.90. The van der Waals surface area contributed by atoms with Gasteiger partial charge < -0.3 is 9.84 Å². The molecule has 1 aromatic carbocycles. The molecular formula is C19H23N2O2+. The fourth-order valence-electron chi connectivity index (χ4n) is 2.59. The highest BCUT2D eigenvalue weighted by Gasteiger charge is 2.11. The molecule has 0 unspecified atom stereocenters. The van der Waals surface area contributed by atoms with Crippen LogP contribution in [0.5, 0.6) is 5.75 Å². The zero-order valence-corrected chi connectivity index (χ0v) is 13.3. The highest BCUT2D eigenvalue weighted by molar-refractivity contribution is 5.69. The van der Waals surface area contributed by atoms with Crippen LogP contribution in [0.15, 0.2) is 48.8 Å². The van der Waals surface area contributed by atoms with Gasteiger partial charge in [0.15, 0.2) is 18.9 Å². The van der Waals surface area contributed by atoms with Crippen LogP contribution in [0.1, 0.15) is 11.1 Å². The van der Waals surface area contributed by atoms with E-state index < -0.39 is 0 Å². The van der Waals surface area contributed by atoms with Crippen LogP contribution in [-0.2, 0) is 11.3 Å². The molecule has 0 bridgehead atoms. The van der Waals surface area contributed by atoms with Gasteiger partial charge in [0.25, 0.3) is 0 Å². The Kier molecular flexibility index (Phi) is 5.40. The van der Waals surface area contributed by atoms with Gasteiger partial charge in [-0.1, -0.05) is 24.3 Å². The van der Waals surface area contributed by atoms with Crippen LogP contribution in [0.2, 0.25) is 0 Å². The summed E-state index contributed by atoms with van der Waals surface area (Å²) < 4.78 is 7.58. The van der Waals surface area contributed by atoms with Crippen LogP contribution in [0.3, 0.4) is 0 Å². The molecule has 2 aromatic rings. The number of nitrogens with zero attached hydrogens (tertiary/aromatic N) is 2. The topological polar surface area (TPSA) is 36.6 Å². The molecule has 2 heterocycles. The molecule has 120 valence electrons. The Morgan fingerprint density at radius 3 is 2.22 bits per heavy atom. The van der Waals surface area contributed by atoms with E-state index in [0.29, 0.717) is 5.75 Å². The largest absolute Gasteiger partial charge is 0.508 e. The Bertz CT molecular complexity index is 629. The lowest BCUT2D eigenvalue weighted by molar-refractivity contribution is -0.696. The van der Waals surface area contributed by atoms with Gasteiger partial charge in [0.1, 0.15) is 5.75 Å². The van der Waals surface area contributed by atoms with Gasteiger partial charge in [-0.05, 0) is 23.3 Å². The van der Waals surface area contributed by atoms with Crippen molar-refractivity contribution >= 4 is 12.2 Å². The van der Waals surface area contributed by atoms with E-state index in [1.54, 1.807) is 12.1 Å². The Labute approximate surface area is 137 Å². The van der Waals surface area contributed by atoms with Crippen molar-refractivity contribution in [3.63, 3.8) is 0 Å². The van der Waals surface area contributed by atoms with Gasteiger partial charge >= 0.3 is 0 Å². The summed E-state index contributed by atoms with van der Waals surface area (Å²) >= 11 is 0. The number of aromatic hydroxyl groups is 1. The molecule has 1 aliphatic rings. The zero-order valence-electron chi connectivity index (χ0n) is 13.3. The van der Waals surface area contributed by atoms with Crippen LogP contribution in [-0.4, -0.2) is 42.9 Å². The van der Waals surface area contributed by atoms with E-state index in [4.69, 9.17) is 4.74 Å². The molecule has 0 saturated carbocycles. The highest BCUT2D eigenvalue weighted by Crippen LogP contribution is 2.12. The molecule has 1 fully saturated rings. The summed E-state index contributed by atoms with van der Waals surface area (Å²) in [6.45, 7) is 5.85. The minimum atomic E-state index is 0.295. The van der Waals surface area contributed by atoms with Crippen LogP contribution in [0, 0.1) is 0 Å². The quantitative estimate of drug-likeness (QED) is 0.860. The standard InChI is InChI=1S/C19H22N2O2/c22-19-5-3-17(4-6-19)1-2-18-7-9-20(10-8-18)11-12-21-13-15-23-16-14-21/h1-10H,11-16H2/p+1. The summed E-state index contributed by atoms with van der Waals surface area (Å²) in [4.78, 5) is 2.44. The number of phenolic OH excluding ortho intramolecular Hbond substituents is 1. The molecule has 0 spiro atoms. The van der Waals surface area contributed by atoms with E-state index in [1.807, 2.05) is 18.2 Å². The first-order chi connectivity index (χ1) is 11.3. The molecule has 4 heteroatoms. The molecule has 0 aliphatic carbocycles. The number of aromatic nitrogens is 1. The number of hydrogen-bond donors (Lipinski definition) is 1. The van der Waals surface area contributed by atoms with E-state index in [1.165, 1.54) is 5.56 Å². The number of phenols is 1. The van der Waals surface area contributed by atoms with Crippen molar-refractivity contribution in [2.45, 2.75) is 6.54 Å². The predicted molar refractivity (Wildman–Crippen MR) is 90.9 cm³/mol. The van der Waals surface area contributed by atoms with Gasteiger partial charge in [0.05, 0.1) is 19.8 Å². The third-order valence-electron chi connectivity index (χ3n) is 4.06. The minimum Gasteiger partial charge on any atom is -0.508 e. The number of morpholine rings is 1. The first kappa shape index (κ1) is 15.7. The molecule has 1 aromatic heterocycles. The SMILES string of the molecule is Oc1ccc(C=Cc2cc[n+](CCN3CCOCC3)cc2)cc1. The maximum Gasteiger partial charge on any atom is 0.169 e. The van der Waals surface area contributed by atoms with E-state index in [0.717, 1.165) is 45.0 Å². The van der Waals surface area contributed by atoms with Gasteiger partial charge in [-0.3, -0.25) is 4.90 Å². The summed E-state index contributed by atoms with van der Waals surface area (Å²) in [7, 11) is 0. The summed E-state index contributed by atoms with van der Waals surface area (Å²) in [5.74, 6) is 0.295. The first-order valence-electron chi connectivity index (χ1n) is 8.06. The van der Waals surface area contributed by atoms with Gasteiger partial charge in [-0.15, -0.1) is 0 Å². The lowest BCUT2D eigenvalue weighted by Gasteiger charge is -2.25. The summed E-state index contributed by atoms with van der Waals surface area (Å²) in [5, 5.41) is 9.28. The van der Waals surface area contributed by atoms with E-state index in [2.05, 4.69) is 40.1 Å². The van der Waals surface area contributed by atoms with Crippen molar-refractivity contribution in [1.29, 1.82) is 0 Å². The molecule has 0 amide bonds. The summed E-state index contributed by atoms with van der Waals surface area (Å²) in [6, 6.07) is 11.4. The van der Waals surface area contributed by atoms with Crippen LogP contribution in [0.25, 0.3) is 12.2 Å². The number of hydrogen-bond acceptors (Lipinski definition) is 3. The summed E-state index contributed by atoms with van der Waals surface area (Å²) in [6.07, 6.45) is 8.37. The fraction of sp³-hybridized carbons (Fsp3) is 0.316. The van der Waals surface area contributed by atoms with E-state index in [-0.39, 0.29) is 0 Å². The Balaban J connectivity index is 1.53. The van der Waals surface area contributed by atoms with Crippen molar-refractivity contribution in [2.24, 2.45) is 0 Å². The number of benzene rings is 1. The highest BCUT2D eigenvalue weighted by atomic mass is 16.5. The smallest absolute Gasteiger partial charge is 0.169 e. The molecule has 0 atom stereocenters. The van der Waals surface area contributed by atoms with Gasteiger partial charge in [-0.25, -0.2) is 4.57 Å². The molecule has 1 aliphatic heterocycles. The van der Waals surface area contributed by atoms with Crippen molar-refractivity contribution in [2.75, 3.05) is 32.8 Å². The fourth-order valence-corrected chi connectivity index (χ4v) is 2.59. The van der Waals surface area contributed by atoms with Crippen molar-refractivity contribution in [1.82, 2.24) is 4.90 Å². The second-order valence-electron chi connectivity index (χ2n) is 5.75. The lowest BCUT2D eigenvalue weighted by atomic mass is 10.1. The molecular weight excluding hydrogens is 288 g/mol. The number of ether oxygens (including phenoxy) is 1. The lowest BCUT2D eigenvalue weighted by Crippen LogP contribution is -2.44. The van der Waals surface area contributed by atoms with Crippen molar-refractivity contribution < 1.29 is 14.4 Å². The van der Waals surface area contributed by atoms with Crippen LogP contribution >= 0.6 is 0 Å². The minimum absolute atomic E-state index is 0.295. The molecule has 1 saturated heterocycles. The monoisotopic (exact) mass is 311 g/mol. The van der Waals surface area contributed by atoms with Crippen LogP contribution in [0.4, 0.5) is 0 Å². The molecule has 1 N–H and O–H groups in total. The first-order valence-corrected chi connectivity index (χ1v) is 8.06. The maximum absolute atomic E-state index is 9.28.